The van der Waals surface area contributed by atoms with Crippen LogP contribution in [0.25, 0.3) is 32.9 Å². The van der Waals surface area contributed by atoms with Gasteiger partial charge in [0.05, 0.1) is 24.1 Å². The predicted octanol–water partition coefficient (Wildman–Crippen LogP) is 5.91. The van der Waals surface area contributed by atoms with Gasteiger partial charge in [0.1, 0.15) is 29.8 Å². The summed E-state index contributed by atoms with van der Waals surface area (Å²) < 4.78 is 43.1. The van der Waals surface area contributed by atoms with E-state index < -0.39 is 17.5 Å². The quantitative estimate of drug-likeness (QED) is 0.184. The minimum Gasteiger partial charge on any atom is -0.461 e. The Hall–Kier alpha value is -3.97. The summed E-state index contributed by atoms with van der Waals surface area (Å²) in [6.07, 6.45) is 8.43. The molecule has 0 radical (unpaired) electrons. The molecule has 0 unspecified atom stereocenters. The summed E-state index contributed by atoms with van der Waals surface area (Å²) in [4.78, 5) is 35.9. The Kier molecular flexibility index (Phi) is 9.20. The first kappa shape index (κ1) is 34.8. The molecule has 5 saturated heterocycles. The van der Waals surface area contributed by atoms with Crippen molar-refractivity contribution in [1.29, 1.82) is 0 Å². The topological polar surface area (TPSA) is 87.2 Å². The fourth-order valence-corrected chi connectivity index (χ4v) is 9.32. The van der Waals surface area contributed by atoms with Gasteiger partial charge in [-0.2, -0.15) is 9.97 Å². The zero-order valence-corrected chi connectivity index (χ0v) is 30.7. The second kappa shape index (κ2) is 14.0. The van der Waals surface area contributed by atoms with Gasteiger partial charge < -0.3 is 19.3 Å². The van der Waals surface area contributed by atoms with Crippen LogP contribution in [0.4, 0.5) is 14.6 Å². The first-order valence-electron chi connectivity index (χ1n) is 18.8. The number of amides is 1. The van der Waals surface area contributed by atoms with Crippen molar-refractivity contribution in [3.8, 4) is 17.3 Å². The molecule has 0 saturated carbocycles. The lowest BCUT2D eigenvalue weighted by Crippen LogP contribution is -2.51. The summed E-state index contributed by atoms with van der Waals surface area (Å²) in [7, 11) is 1.91. The Morgan fingerprint density at radius 1 is 1.13 bits per heavy atom. The molecule has 4 aromatic rings. The average Bonchev–Trinajstić information content (AvgIpc) is 3.84. The molecule has 278 valence electrons. The summed E-state index contributed by atoms with van der Waals surface area (Å²) in [6.45, 7) is 6.25. The summed E-state index contributed by atoms with van der Waals surface area (Å²) >= 11 is 6.64. The van der Waals surface area contributed by atoms with Crippen molar-refractivity contribution in [2.24, 2.45) is 5.92 Å². The molecule has 10 nitrogen and oxygen atoms in total. The van der Waals surface area contributed by atoms with Crippen LogP contribution >= 0.6 is 11.6 Å². The van der Waals surface area contributed by atoms with E-state index in [2.05, 4.69) is 19.8 Å². The Morgan fingerprint density at radius 2 is 1.98 bits per heavy atom. The molecule has 9 rings (SSSR count). The number of pyridine rings is 1. The maximum absolute atomic E-state index is 16.9. The summed E-state index contributed by atoms with van der Waals surface area (Å²) in [5.41, 5.74) is 0.340. The van der Waals surface area contributed by atoms with Crippen molar-refractivity contribution in [2.45, 2.75) is 55.9 Å². The molecule has 1 amide bonds. The lowest BCUT2D eigenvalue weighted by atomic mass is 9.95. The Labute approximate surface area is 312 Å². The zero-order chi connectivity index (χ0) is 36.3. The number of nitrogens with zero attached hydrogens (tertiary/aromatic N) is 7. The molecule has 0 aliphatic carbocycles. The van der Waals surface area contributed by atoms with Gasteiger partial charge in [0.2, 0.25) is 5.91 Å². The van der Waals surface area contributed by atoms with Gasteiger partial charge in [0, 0.05) is 92.4 Å². The molecule has 2 aromatic carbocycles. The number of hydrogen-bond donors (Lipinski definition) is 0. The molecule has 5 fully saturated rings. The molecular formula is C40H44ClF2N7O3. The summed E-state index contributed by atoms with van der Waals surface area (Å²) in [5, 5.41) is 2.51. The van der Waals surface area contributed by atoms with Gasteiger partial charge in [-0.05, 0) is 43.7 Å². The van der Waals surface area contributed by atoms with Gasteiger partial charge in [0.15, 0.2) is 5.82 Å². The van der Waals surface area contributed by atoms with Gasteiger partial charge in [-0.15, -0.1) is 0 Å². The van der Waals surface area contributed by atoms with Crippen molar-refractivity contribution >= 4 is 45.0 Å². The average molecular weight is 744 g/mol. The Balaban J connectivity index is 1.01. The van der Waals surface area contributed by atoms with E-state index in [1.807, 2.05) is 53.3 Å². The number of ether oxygens (including phenoxy) is 2. The lowest BCUT2D eigenvalue weighted by Gasteiger charge is -2.43. The molecule has 0 spiro atoms. The maximum atomic E-state index is 16.9. The van der Waals surface area contributed by atoms with Gasteiger partial charge in [-0.1, -0.05) is 48.0 Å². The molecule has 13 heteroatoms. The number of alkyl halides is 1. The fourth-order valence-electron chi connectivity index (χ4n) is 9.04. The van der Waals surface area contributed by atoms with E-state index >= 15 is 4.39 Å². The Bertz CT molecular complexity index is 2080. The molecule has 0 N–H and O–H groups in total. The number of carbonyl (C=O) groups is 1. The van der Waals surface area contributed by atoms with E-state index in [0.29, 0.717) is 71.6 Å². The van der Waals surface area contributed by atoms with Crippen LogP contribution < -0.4 is 9.64 Å². The minimum absolute atomic E-state index is 0.00879. The highest BCUT2D eigenvalue weighted by atomic mass is 35.5. The molecular weight excluding hydrogens is 700 g/mol. The van der Waals surface area contributed by atoms with Crippen LogP contribution in [0, 0.1) is 11.7 Å². The highest BCUT2D eigenvalue weighted by Crippen LogP contribution is 2.41. The van der Waals surface area contributed by atoms with Crippen LogP contribution in [0.5, 0.6) is 6.01 Å². The van der Waals surface area contributed by atoms with Crippen molar-refractivity contribution in [3.63, 3.8) is 0 Å². The number of halogens is 3. The van der Waals surface area contributed by atoms with Crippen molar-refractivity contribution in [2.75, 3.05) is 71.0 Å². The van der Waals surface area contributed by atoms with Crippen molar-refractivity contribution in [3.05, 3.63) is 65.6 Å². The largest absolute Gasteiger partial charge is 0.461 e. The molecule has 2 aromatic heterocycles. The highest BCUT2D eigenvalue weighted by molar-refractivity contribution is 6.36. The zero-order valence-electron chi connectivity index (χ0n) is 29.9. The van der Waals surface area contributed by atoms with Gasteiger partial charge >= 0.3 is 6.01 Å². The number of rotatable bonds is 10. The first-order valence-corrected chi connectivity index (χ1v) is 19.2. The van der Waals surface area contributed by atoms with Crippen molar-refractivity contribution < 1.29 is 23.0 Å². The molecule has 4 atom stereocenters. The highest BCUT2D eigenvalue weighted by Gasteiger charge is 2.49. The van der Waals surface area contributed by atoms with Gasteiger partial charge in [-0.25, -0.2) is 8.78 Å². The number of benzene rings is 2. The van der Waals surface area contributed by atoms with Crippen LogP contribution in [0.1, 0.15) is 32.1 Å². The number of likely N-dealkylation sites (N-methyl/N-ethyl adjacent to an activating group) is 1. The third kappa shape index (κ3) is 6.41. The normalized spacial score (nSPS) is 26.4. The van der Waals surface area contributed by atoms with E-state index in [1.165, 1.54) is 0 Å². The van der Waals surface area contributed by atoms with Crippen LogP contribution in [0.15, 0.2) is 54.7 Å². The van der Waals surface area contributed by atoms with Gasteiger partial charge in [-0.3, -0.25) is 19.6 Å². The van der Waals surface area contributed by atoms with Crippen molar-refractivity contribution in [1.82, 2.24) is 29.7 Å². The van der Waals surface area contributed by atoms with E-state index in [9.17, 15) is 9.18 Å². The third-order valence-electron chi connectivity index (χ3n) is 12.2. The molecule has 0 bridgehead atoms. The molecule has 7 heterocycles. The Morgan fingerprint density at radius 3 is 2.77 bits per heavy atom. The number of likely N-dealkylation sites (tertiary alicyclic amines) is 2. The predicted molar refractivity (Wildman–Crippen MR) is 201 cm³/mol. The fraction of sp³-hybridized carbons (Fsp3) is 0.500. The number of fused-ring (bicyclic) bond motifs is 3. The number of carbonyl (C=O) groups excluding carboxylic acids is 1. The number of hydrogen-bond acceptors (Lipinski definition) is 9. The monoisotopic (exact) mass is 743 g/mol. The number of anilines is 1. The van der Waals surface area contributed by atoms with Gasteiger partial charge in [0.25, 0.3) is 0 Å². The second-order valence-corrected chi connectivity index (χ2v) is 15.9. The van der Waals surface area contributed by atoms with E-state index in [-0.39, 0.29) is 35.8 Å². The second-order valence-electron chi connectivity index (χ2n) is 15.5. The smallest absolute Gasteiger partial charge is 0.319 e. The molecule has 5 aliphatic rings. The standard InChI is InChI=1S/C40H44ClF2N7O3/c1-47(29-12-16-49(21-29)33(51)10-9-28-11-15-48(28)19-25-22-52-23-25)38-31-18-44-36(30-7-2-5-26-6-3-8-32(41)34(26)30)35(43)37(31)45-39(46-38)53-24-40-13-4-14-50(40)20-27(42)17-40/h2-3,5-10,18,25,27-29H,4,11-17,19-24H2,1H3/b10-9+/t27-,28+,29-,40+/m1/s1. The first-order chi connectivity index (χ1) is 25.8. The molecule has 5 aliphatic heterocycles. The number of aromatic nitrogens is 3. The van der Waals surface area contributed by atoms with Crippen LogP contribution in [0.2, 0.25) is 5.02 Å². The summed E-state index contributed by atoms with van der Waals surface area (Å²) in [6, 6.07) is 11.4. The van der Waals surface area contributed by atoms with E-state index in [4.69, 9.17) is 26.1 Å². The SMILES string of the molecule is CN(c1nc(OC[C@@]23CCCN2C[C@H](F)C3)nc2c(F)c(-c3cccc4cccc(Cl)c34)ncc12)[C@@H]1CCN(C(=O)/C=C/[C@H]2CCN2CC2COC2)C1. The van der Waals surface area contributed by atoms with Crippen LogP contribution in [-0.4, -0.2) is 125 Å². The van der Waals surface area contributed by atoms with E-state index in [0.717, 1.165) is 57.5 Å². The third-order valence-corrected chi connectivity index (χ3v) is 12.5. The van der Waals surface area contributed by atoms with Crippen LogP contribution in [0.3, 0.4) is 0 Å². The molecule has 53 heavy (non-hydrogen) atoms. The summed E-state index contributed by atoms with van der Waals surface area (Å²) in [5.74, 6) is 0.445. The van der Waals surface area contributed by atoms with Crippen LogP contribution in [-0.2, 0) is 9.53 Å². The van der Waals surface area contributed by atoms with E-state index in [1.54, 1.807) is 18.3 Å². The lowest BCUT2D eigenvalue weighted by molar-refractivity contribution is -0.125. The minimum atomic E-state index is -0.908. The maximum Gasteiger partial charge on any atom is 0.319 e.